The van der Waals surface area contributed by atoms with Crippen LogP contribution in [0.5, 0.6) is 0 Å². The maximum Gasteiger partial charge on any atom is 0.303 e. The summed E-state index contributed by atoms with van der Waals surface area (Å²) in [4.78, 5) is 10.5. The molecule has 0 radical (unpaired) electrons. The quantitative estimate of drug-likeness (QED) is 0.369. The van der Waals surface area contributed by atoms with Gasteiger partial charge in [0.05, 0.1) is 6.10 Å². The first-order valence-electron chi connectivity index (χ1n) is 10.3. The molecule has 3 heteroatoms. The van der Waals surface area contributed by atoms with Crippen LogP contribution in [0.3, 0.4) is 0 Å². The molecule has 3 saturated carbocycles. The van der Waals surface area contributed by atoms with E-state index in [0.717, 1.165) is 43.9 Å². The zero-order chi connectivity index (χ0) is 18.1. The minimum absolute atomic E-state index is 0.263. The Morgan fingerprint density at radius 2 is 1.96 bits per heavy atom. The first kappa shape index (κ1) is 20.2. The normalized spacial score (nSPS) is 29.8. The molecule has 0 saturated heterocycles. The molecule has 3 rings (SSSR count). The van der Waals surface area contributed by atoms with Crippen LogP contribution in [0.15, 0.2) is 24.3 Å². The summed E-state index contributed by atoms with van der Waals surface area (Å²) in [7, 11) is 0. The van der Waals surface area contributed by atoms with Crippen LogP contribution in [0.1, 0.15) is 77.6 Å². The second-order valence-corrected chi connectivity index (χ2v) is 8.10. The molecule has 142 valence electrons. The molecule has 3 fully saturated rings. The Balaban J connectivity index is 1.76. The summed E-state index contributed by atoms with van der Waals surface area (Å²) in [6.45, 7) is 2.19. The van der Waals surface area contributed by atoms with Gasteiger partial charge in [-0.15, -0.1) is 0 Å². The van der Waals surface area contributed by atoms with Gasteiger partial charge < -0.3 is 10.2 Å². The van der Waals surface area contributed by atoms with Crippen LogP contribution in [0, 0.1) is 23.7 Å². The Labute approximate surface area is 153 Å². The van der Waals surface area contributed by atoms with Crippen molar-refractivity contribution in [1.82, 2.24) is 0 Å². The number of aliphatic carboxylic acids is 1. The molecule has 0 spiro atoms. The second kappa shape index (κ2) is 10.8. The van der Waals surface area contributed by atoms with E-state index < -0.39 is 5.97 Å². The standard InChI is InChI=1S/C22H36O3/c1-2-3-6-9-20(23)13-12-18-14-17-15-19(16-17)21(18)10-7-4-5-8-11-22(24)25/h4,7,12-13,17-21,23H,2-3,5-6,8-11,14-16H2,1H3,(H,24,25)/b7-4+,13-12+. The lowest BCUT2D eigenvalue weighted by Crippen LogP contribution is -2.41. The van der Waals surface area contributed by atoms with Crippen molar-refractivity contribution in [2.45, 2.75) is 83.7 Å². The highest BCUT2D eigenvalue weighted by atomic mass is 16.4. The topological polar surface area (TPSA) is 57.5 Å². The van der Waals surface area contributed by atoms with Gasteiger partial charge in [-0.3, -0.25) is 4.79 Å². The van der Waals surface area contributed by atoms with E-state index in [4.69, 9.17) is 5.11 Å². The molecule has 2 N–H and O–H groups in total. The Kier molecular flexibility index (Phi) is 8.74. The largest absolute Gasteiger partial charge is 0.481 e. The zero-order valence-corrected chi connectivity index (χ0v) is 15.8. The summed E-state index contributed by atoms with van der Waals surface area (Å²) >= 11 is 0. The highest BCUT2D eigenvalue weighted by Crippen LogP contribution is 2.53. The summed E-state index contributed by atoms with van der Waals surface area (Å²) in [5, 5.41) is 18.8. The molecule has 0 heterocycles. The second-order valence-electron chi connectivity index (χ2n) is 8.10. The van der Waals surface area contributed by atoms with Gasteiger partial charge in [-0.2, -0.15) is 0 Å². The number of aliphatic hydroxyl groups excluding tert-OH is 1. The summed E-state index contributed by atoms with van der Waals surface area (Å²) in [5.74, 6) is 2.38. The Hall–Kier alpha value is -1.09. The summed E-state index contributed by atoms with van der Waals surface area (Å²) < 4.78 is 0. The van der Waals surface area contributed by atoms with Crippen LogP contribution in [0.2, 0.25) is 0 Å². The summed E-state index contributed by atoms with van der Waals surface area (Å²) in [6, 6.07) is 0. The molecule has 0 aliphatic heterocycles. The fourth-order valence-electron chi connectivity index (χ4n) is 4.54. The fourth-order valence-corrected chi connectivity index (χ4v) is 4.54. The van der Waals surface area contributed by atoms with Crippen molar-refractivity contribution < 1.29 is 15.0 Å². The summed E-state index contributed by atoms with van der Waals surface area (Å²) in [5.41, 5.74) is 0. The van der Waals surface area contributed by atoms with E-state index in [-0.39, 0.29) is 12.5 Å². The highest BCUT2D eigenvalue weighted by molar-refractivity contribution is 5.66. The number of hydrogen-bond donors (Lipinski definition) is 2. The predicted octanol–water partition coefficient (Wildman–Crippen LogP) is 5.35. The average molecular weight is 349 g/mol. The number of rotatable bonds is 12. The van der Waals surface area contributed by atoms with Gasteiger partial charge in [-0.1, -0.05) is 50.5 Å². The van der Waals surface area contributed by atoms with Crippen LogP contribution in [-0.2, 0) is 4.79 Å². The molecule has 0 aromatic carbocycles. The van der Waals surface area contributed by atoms with Crippen molar-refractivity contribution in [3.63, 3.8) is 0 Å². The minimum atomic E-state index is -0.705. The van der Waals surface area contributed by atoms with Gasteiger partial charge in [0.15, 0.2) is 0 Å². The van der Waals surface area contributed by atoms with Gasteiger partial charge >= 0.3 is 5.97 Å². The number of aliphatic hydroxyl groups is 1. The van der Waals surface area contributed by atoms with Gasteiger partial charge in [0.1, 0.15) is 0 Å². The van der Waals surface area contributed by atoms with Crippen molar-refractivity contribution in [3.8, 4) is 0 Å². The molecule has 3 unspecified atom stereocenters. The number of carboxylic acids is 1. The maximum atomic E-state index is 10.5. The van der Waals surface area contributed by atoms with Crippen LogP contribution in [0.4, 0.5) is 0 Å². The van der Waals surface area contributed by atoms with Crippen molar-refractivity contribution >= 4 is 5.97 Å². The van der Waals surface area contributed by atoms with Gasteiger partial charge in [0.2, 0.25) is 0 Å². The number of carboxylic acid groups (broad SMARTS) is 1. The van der Waals surface area contributed by atoms with Crippen molar-refractivity contribution in [3.05, 3.63) is 24.3 Å². The first-order chi connectivity index (χ1) is 12.1. The predicted molar refractivity (Wildman–Crippen MR) is 102 cm³/mol. The van der Waals surface area contributed by atoms with Gasteiger partial charge in [0.25, 0.3) is 0 Å². The Bertz CT molecular complexity index is 448. The lowest BCUT2D eigenvalue weighted by Gasteiger charge is -2.50. The highest BCUT2D eigenvalue weighted by Gasteiger charge is 2.43. The van der Waals surface area contributed by atoms with Gasteiger partial charge in [-0.05, 0) is 68.6 Å². The Morgan fingerprint density at radius 1 is 1.16 bits per heavy atom. The average Bonchev–Trinajstić information content (AvgIpc) is 2.55. The molecular weight excluding hydrogens is 312 g/mol. The third-order valence-corrected chi connectivity index (χ3v) is 6.05. The molecule has 3 aliphatic carbocycles. The molecule has 25 heavy (non-hydrogen) atoms. The molecule has 0 amide bonds. The molecule has 2 bridgehead atoms. The van der Waals surface area contributed by atoms with E-state index in [1.54, 1.807) is 0 Å². The fraction of sp³-hybridized carbons (Fsp3) is 0.773. The van der Waals surface area contributed by atoms with E-state index in [1.807, 2.05) is 0 Å². The van der Waals surface area contributed by atoms with Crippen LogP contribution < -0.4 is 0 Å². The smallest absolute Gasteiger partial charge is 0.303 e. The van der Waals surface area contributed by atoms with Crippen molar-refractivity contribution in [2.75, 3.05) is 0 Å². The van der Waals surface area contributed by atoms with Crippen molar-refractivity contribution in [1.29, 1.82) is 0 Å². The van der Waals surface area contributed by atoms with E-state index in [2.05, 4.69) is 31.2 Å². The number of unbranched alkanes of at least 4 members (excludes halogenated alkanes) is 3. The summed E-state index contributed by atoms with van der Waals surface area (Å²) in [6.07, 6.45) is 19.9. The first-order valence-corrected chi connectivity index (χ1v) is 10.3. The molecule has 0 aromatic heterocycles. The van der Waals surface area contributed by atoms with Crippen LogP contribution >= 0.6 is 0 Å². The van der Waals surface area contributed by atoms with E-state index in [9.17, 15) is 9.90 Å². The van der Waals surface area contributed by atoms with E-state index in [0.29, 0.717) is 11.8 Å². The number of carbonyl (C=O) groups is 1. The van der Waals surface area contributed by atoms with E-state index in [1.165, 1.54) is 32.1 Å². The third kappa shape index (κ3) is 6.97. The number of fused-ring (bicyclic) bond motifs is 2. The van der Waals surface area contributed by atoms with Gasteiger partial charge in [-0.25, -0.2) is 0 Å². The lowest BCUT2D eigenvalue weighted by molar-refractivity contribution is -0.137. The minimum Gasteiger partial charge on any atom is -0.481 e. The van der Waals surface area contributed by atoms with Crippen LogP contribution in [0.25, 0.3) is 0 Å². The van der Waals surface area contributed by atoms with E-state index >= 15 is 0 Å². The third-order valence-electron chi connectivity index (χ3n) is 6.05. The maximum absolute atomic E-state index is 10.5. The monoisotopic (exact) mass is 348 g/mol. The molecule has 3 aliphatic rings. The van der Waals surface area contributed by atoms with Crippen molar-refractivity contribution in [2.24, 2.45) is 23.7 Å². The molecular formula is C22H36O3. The Morgan fingerprint density at radius 3 is 2.68 bits per heavy atom. The molecule has 3 atom stereocenters. The van der Waals surface area contributed by atoms with Crippen LogP contribution in [-0.4, -0.2) is 22.3 Å². The van der Waals surface area contributed by atoms with Gasteiger partial charge in [0, 0.05) is 6.42 Å². The number of allylic oxidation sites excluding steroid dienone is 3. The SMILES string of the molecule is CCCCCC(O)/C=C/C1CC2CC(C2)C1C/C=C/CCCC(=O)O. The molecule has 0 aromatic rings. The number of hydrogen-bond acceptors (Lipinski definition) is 2. The molecule has 3 nitrogen and oxygen atoms in total. The zero-order valence-electron chi connectivity index (χ0n) is 15.8. The lowest BCUT2D eigenvalue weighted by atomic mass is 9.55.